The Morgan fingerprint density at radius 3 is 2.67 bits per heavy atom. The fourth-order valence-electron chi connectivity index (χ4n) is 4.16. The van der Waals surface area contributed by atoms with Gasteiger partial charge in [-0.15, -0.1) is 0 Å². The third-order valence-corrected chi connectivity index (χ3v) is 5.73. The molecule has 4 heterocycles. The number of nitrogens with one attached hydrogen (secondary N) is 2. The van der Waals surface area contributed by atoms with Crippen LogP contribution in [0.4, 0.5) is 4.79 Å². The molecule has 3 aliphatic heterocycles. The first-order valence-corrected chi connectivity index (χ1v) is 9.80. The second-order valence-corrected chi connectivity index (χ2v) is 7.61. The topological polar surface area (TPSA) is 93.8 Å². The Labute approximate surface area is 159 Å². The zero-order chi connectivity index (χ0) is 19.0. The van der Waals surface area contributed by atoms with Gasteiger partial charge in [-0.3, -0.25) is 14.8 Å². The van der Waals surface area contributed by atoms with Crippen LogP contribution in [0.25, 0.3) is 0 Å². The van der Waals surface area contributed by atoms with E-state index in [9.17, 15) is 9.59 Å². The quantitative estimate of drug-likeness (QED) is 0.784. The number of H-pyrrole nitrogens is 1. The van der Waals surface area contributed by atoms with Gasteiger partial charge >= 0.3 is 6.03 Å². The van der Waals surface area contributed by atoms with Gasteiger partial charge in [0.05, 0.1) is 17.9 Å². The molecule has 0 spiro atoms. The van der Waals surface area contributed by atoms with Crippen LogP contribution >= 0.6 is 0 Å². The Morgan fingerprint density at radius 2 is 1.96 bits per heavy atom. The molecule has 2 atom stereocenters. The van der Waals surface area contributed by atoms with Crippen LogP contribution in [-0.4, -0.2) is 95.3 Å². The van der Waals surface area contributed by atoms with Gasteiger partial charge in [0.25, 0.3) is 5.91 Å². The van der Waals surface area contributed by atoms with Crippen molar-refractivity contribution in [2.75, 3.05) is 52.4 Å². The summed E-state index contributed by atoms with van der Waals surface area (Å²) in [5.74, 6) is 0.00682. The molecule has 2 fully saturated rings. The van der Waals surface area contributed by atoms with E-state index in [1.807, 2.05) is 23.6 Å². The SMILES string of the molecule is C[C@@H]1Cc2c(C(=O)N3CCN(CCN4CCNC4=O)CC3)n[nH]c2[C@H](C)O1. The maximum atomic E-state index is 13.0. The first kappa shape index (κ1) is 18.2. The second kappa shape index (κ2) is 7.47. The Morgan fingerprint density at radius 1 is 1.19 bits per heavy atom. The average Bonchev–Trinajstić information content (AvgIpc) is 3.26. The van der Waals surface area contributed by atoms with Crippen LogP contribution in [0.2, 0.25) is 0 Å². The number of nitrogens with zero attached hydrogens (tertiary/aromatic N) is 4. The van der Waals surface area contributed by atoms with E-state index in [2.05, 4.69) is 20.4 Å². The molecule has 1 aromatic heterocycles. The van der Waals surface area contributed by atoms with Crippen LogP contribution in [0.15, 0.2) is 0 Å². The van der Waals surface area contributed by atoms with Crippen molar-refractivity contribution in [3.05, 3.63) is 17.0 Å². The number of piperazine rings is 1. The summed E-state index contributed by atoms with van der Waals surface area (Å²) in [5.41, 5.74) is 2.49. The normalized spacial score (nSPS) is 26.2. The van der Waals surface area contributed by atoms with Crippen LogP contribution < -0.4 is 5.32 Å². The molecule has 0 aromatic carbocycles. The average molecular weight is 376 g/mol. The van der Waals surface area contributed by atoms with E-state index in [1.165, 1.54) is 0 Å². The predicted molar refractivity (Wildman–Crippen MR) is 98.6 cm³/mol. The second-order valence-electron chi connectivity index (χ2n) is 7.61. The maximum Gasteiger partial charge on any atom is 0.317 e. The summed E-state index contributed by atoms with van der Waals surface area (Å²) in [7, 11) is 0. The number of aromatic amines is 1. The summed E-state index contributed by atoms with van der Waals surface area (Å²) in [6, 6.07) is 0.0274. The number of amides is 3. The van der Waals surface area contributed by atoms with E-state index in [0.29, 0.717) is 18.8 Å². The molecule has 1 aromatic rings. The zero-order valence-electron chi connectivity index (χ0n) is 16.0. The van der Waals surface area contributed by atoms with Crippen molar-refractivity contribution in [1.82, 2.24) is 30.2 Å². The van der Waals surface area contributed by atoms with E-state index in [1.54, 1.807) is 0 Å². The van der Waals surface area contributed by atoms with Crippen LogP contribution in [0.3, 0.4) is 0 Å². The third-order valence-electron chi connectivity index (χ3n) is 5.73. The Kier molecular flexibility index (Phi) is 5.05. The van der Waals surface area contributed by atoms with Crippen LogP contribution in [0.1, 0.15) is 41.7 Å². The predicted octanol–water partition coefficient (Wildman–Crippen LogP) is 0.215. The van der Waals surface area contributed by atoms with E-state index in [4.69, 9.17) is 4.74 Å². The molecule has 9 nitrogen and oxygen atoms in total. The summed E-state index contributed by atoms with van der Waals surface area (Å²) in [6.45, 7) is 10.1. The van der Waals surface area contributed by atoms with E-state index in [-0.39, 0.29) is 24.1 Å². The minimum absolute atomic E-state index is 0.00682. The molecule has 0 radical (unpaired) electrons. The number of hydrogen-bond donors (Lipinski definition) is 2. The number of carbonyl (C=O) groups excluding carboxylic acids is 2. The van der Waals surface area contributed by atoms with Crippen molar-refractivity contribution in [3.8, 4) is 0 Å². The Hall–Kier alpha value is -2.13. The first-order chi connectivity index (χ1) is 13.0. The summed E-state index contributed by atoms with van der Waals surface area (Å²) < 4.78 is 5.81. The lowest BCUT2D eigenvalue weighted by molar-refractivity contribution is -0.00704. The lowest BCUT2D eigenvalue weighted by Gasteiger charge is -2.35. The van der Waals surface area contributed by atoms with E-state index < -0.39 is 0 Å². The number of rotatable bonds is 4. The molecule has 2 saturated heterocycles. The highest BCUT2D eigenvalue weighted by atomic mass is 16.5. The highest BCUT2D eigenvalue weighted by molar-refractivity contribution is 5.94. The lowest BCUT2D eigenvalue weighted by Crippen LogP contribution is -2.50. The van der Waals surface area contributed by atoms with Gasteiger partial charge in [0.15, 0.2) is 5.69 Å². The summed E-state index contributed by atoms with van der Waals surface area (Å²) in [6.07, 6.45) is 0.753. The molecule has 3 amide bonds. The Balaban J connectivity index is 1.32. The molecule has 27 heavy (non-hydrogen) atoms. The first-order valence-electron chi connectivity index (χ1n) is 9.80. The standard InChI is InChI=1S/C18H28N6O3/c1-12-11-14-15(13(2)27-12)20-21-16(14)17(25)23-8-5-22(6-9-23)7-10-24-4-3-19-18(24)26/h12-13H,3-11H2,1-2H3,(H,19,26)(H,20,21)/t12-,13+/m1/s1. The number of ether oxygens (including phenoxy) is 1. The number of urea groups is 1. The molecular formula is C18H28N6O3. The highest BCUT2D eigenvalue weighted by Gasteiger charge is 2.32. The largest absolute Gasteiger partial charge is 0.369 e. The lowest BCUT2D eigenvalue weighted by atomic mass is 9.99. The van der Waals surface area contributed by atoms with E-state index >= 15 is 0 Å². The minimum atomic E-state index is -0.0579. The monoisotopic (exact) mass is 376 g/mol. The zero-order valence-corrected chi connectivity index (χ0v) is 16.0. The summed E-state index contributed by atoms with van der Waals surface area (Å²) >= 11 is 0. The van der Waals surface area contributed by atoms with Crippen molar-refractivity contribution in [2.45, 2.75) is 32.5 Å². The molecule has 148 valence electrons. The number of hydrogen-bond acceptors (Lipinski definition) is 5. The van der Waals surface area contributed by atoms with Gasteiger partial charge in [0, 0.05) is 64.3 Å². The molecule has 0 saturated carbocycles. The molecule has 3 aliphatic rings. The summed E-state index contributed by atoms with van der Waals surface area (Å²) in [5, 5.41) is 10.1. The summed E-state index contributed by atoms with van der Waals surface area (Å²) in [4.78, 5) is 30.6. The van der Waals surface area contributed by atoms with Crippen molar-refractivity contribution >= 4 is 11.9 Å². The van der Waals surface area contributed by atoms with Gasteiger partial charge < -0.3 is 19.9 Å². The number of carbonyl (C=O) groups is 2. The minimum Gasteiger partial charge on any atom is -0.369 e. The number of aromatic nitrogens is 2. The van der Waals surface area contributed by atoms with Gasteiger partial charge in [0.1, 0.15) is 0 Å². The number of fused-ring (bicyclic) bond motifs is 1. The fourth-order valence-corrected chi connectivity index (χ4v) is 4.16. The van der Waals surface area contributed by atoms with Gasteiger partial charge in [-0.25, -0.2) is 4.79 Å². The van der Waals surface area contributed by atoms with Crippen molar-refractivity contribution < 1.29 is 14.3 Å². The Bertz CT molecular complexity index is 712. The van der Waals surface area contributed by atoms with Crippen LogP contribution in [-0.2, 0) is 11.2 Å². The van der Waals surface area contributed by atoms with Crippen LogP contribution in [0, 0.1) is 0 Å². The molecule has 0 aliphatic carbocycles. The van der Waals surface area contributed by atoms with Crippen molar-refractivity contribution in [1.29, 1.82) is 0 Å². The highest BCUT2D eigenvalue weighted by Crippen LogP contribution is 2.30. The molecule has 0 unspecified atom stereocenters. The van der Waals surface area contributed by atoms with Crippen molar-refractivity contribution in [2.24, 2.45) is 0 Å². The molecule has 9 heteroatoms. The van der Waals surface area contributed by atoms with Gasteiger partial charge in [0.2, 0.25) is 0 Å². The maximum absolute atomic E-state index is 13.0. The molecule has 2 N–H and O–H groups in total. The molecule has 0 bridgehead atoms. The van der Waals surface area contributed by atoms with Gasteiger partial charge in [-0.05, 0) is 13.8 Å². The molecule has 4 rings (SSSR count). The molecular weight excluding hydrogens is 348 g/mol. The van der Waals surface area contributed by atoms with Crippen LogP contribution in [0.5, 0.6) is 0 Å². The van der Waals surface area contributed by atoms with E-state index in [0.717, 1.165) is 56.9 Å². The van der Waals surface area contributed by atoms with Gasteiger partial charge in [-0.2, -0.15) is 5.10 Å². The third kappa shape index (κ3) is 3.66. The smallest absolute Gasteiger partial charge is 0.317 e. The van der Waals surface area contributed by atoms with Crippen molar-refractivity contribution in [3.63, 3.8) is 0 Å². The fraction of sp³-hybridized carbons (Fsp3) is 0.722. The van der Waals surface area contributed by atoms with Gasteiger partial charge in [-0.1, -0.05) is 0 Å².